The van der Waals surface area contributed by atoms with Crippen LogP contribution in [0.1, 0.15) is 30.9 Å². The molecule has 2 rings (SSSR count). The van der Waals surface area contributed by atoms with Crippen molar-refractivity contribution in [3.05, 3.63) is 41.5 Å². The number of carbonyl (C=O) groups is 2. The number of aryl methyl sites for hydroxylation is 1. The summed E-state index contributed by atoms with van der Waals surface area (Å²) in [5.41, 5.74) is 5.20. The van der Waals surface area contributed by atoms with Crippen LogP contribution in [0.4, 0.5) is 5.69 Å². The van der Waals surface area contributed by atoms with Gasteiger partial charge in [-0.25, -0.2) is 0 Å². The van der Waals surface area contributed by atoms with E-state index in [1.54, 1.807) is 37.3 Å². The highest BCUT2D eigenvalue weighted by Crippen LogP contribution is 2.46. The van der Waals surface area contributed by atoms with Gasteiger partial charge in [0.05, 0.1) is 10.8 Å². The van der Waals surface area contributed by atoms with Gasteiger partial charge in [-0.05, 0) is 49.9 Å². The third kappa shape index (κ3) is 2.39. The van der Waals surface area contributed by atoms with E-state index in [9.17, 15) is 19.8 Å². The highest BCUT2D eigenvalue weighted by molar-refractivity contribution is 5.86. The summed E-state index contributed by atoms with van der Waals surface area (Å²) in [5, 5.41) is 19.2. The molecule has 5 nitrogen and oxygen atoms in total. The van der Waals surface area contributed by atoms with Gasteiger partial charge in [-0.15, -0.1) is 0 Å². The number of nitrogen functional groups attached to an aromatic ring is 1. The number of allylic oxidation sites excluding steroid dienone is 1. The molecule has 2 unspecified atom stereocenters. The lowest BCUT2D eigenvalue weighted by molar-refractivity contribution is -0.151. The van der Waals surface area contributed by atoms with Gasteiger partial charge in [0.15, 0.2) is 0 Å². The molecule has 0 aromatic heterocycles. The third-order valence-electron chi connectivity index (χ3n) is 4.30. The number of carboxylic acids is 2. The van der Waals surface area contributed by atoms with Crippen LogP contribution in [0, 0.1) is 12.3 Å². The number of benzene rings is 1. The van der Waals surface area contributed by atoms with Gasteiger partial charge in [0.2, 0.25) is 0 Å². The fraction of sp³-hybridized carbons (Fsp3) is 0.375. The van der Waals surface area contributed by atoms with E-state index in [2.05, 4.69) is 0 Å². The lowest BCUT2D eigenvalue weighted by Gasteiger charge is -2.39. The number of carboxylic acid groups (broad SMARTS) is 2. The first-order valence-corrected chi connectivity index (χ1v) is 6.72. The molecular formula is C16H19NO4. The summed E-state index contributed by atoms with van der Waals surface area (Å²) in [5.74, 6) is -2.04. The third-order valence-corrected chi connectivity index (χ3v) is 4.30. The Balaban J connectivity index is 2.63. The first-order valence-electron chi connectivity index (χ1n) is 6.72. The smallest absolute Gasteiger partial charge is 0.314 e. The van der Waals surface area contributed by atoms with Gasteiger partial charge < -0.3 is 15.9 Å². The number of hydrogen-bond donors (Lipinski definition) is 3. The number of anilines is 1. The summed E-state index contributed by atoms with van der Waals surface area (Å²) in [4.78, 5) is 23.5. The molecule has 0 spiro atoms. The predicted octanol–water partition coefficient (Wildman–Crippen LogP) is 2.34. The zero-order chi connectivity index (χ0) is 15.8. The van der Waals surface area contributed by atoms with Crippen molar-refractivity contribution >= 4 is 17.6 Å². The molecule has 4 N–H and O–H groups in total. The maximum absolute atomic E-state index is 12.0. The Labute approximate surface area is 123 Å². The van der Waals surface area contributed by atoms with Crippen molar-refractivity contribution in [3.8, 4) is 0 Å². The molecule has 1 aromatic rings. The lowest BCUT2D eigenvalue weighted by atomic mass is 9.62. The summed E-state index contributed by atoms with van der Waals surface area (Å²) in [7, 11) is 0. The molecular weight excluding hydrogens is 270 g/mol. The van der Waals surface area contributed by atoms with Gasteiger partial charge in [0.25, 0.3) is 0 Å². The van der Waals surface area contributed by atoms with Gasteiger partial charge in [-0.3, -0.25) is 9.59 Å². The van der Waals surface area contributed by atoms with Crippen molar-refractivity contribution < 1.29 is 19.8 Å². The Morgan fingerprint density at radius 3 is 2.48 bits per heavy atom. The zero-order valence-corrected chi connectivity index (χ0v) is 12.1. The van der Waals surface area contributed by atoms with E-state index in [0.29, 0.717) is 11.3 Å². The van der Waals surface area contributed by atoms with Crippen LogP contribution in [0.25, 0.3) is 0 Å². The Kier molecular flexibility index (Phi) is 3.53. The predicted molar refractivity (Wildman–Crippen MR) is 79.0 cm³/mol. The van der Waals surface area contributed by atoms with Gasteiger partial charge in [0, 0.05) is 5.69 Å². The van der Waals surface area contributed by atoms with Crippen molar-refractivity contribution in [1.29, 1.82) is 0 Å². The fourth-order valence-corrected chi connectivity index (χ4v) is 3.06. The molecule has 1 aliphatic carbocycles. The van der Waals surface area contributed by atoms with Crippen molar-refractivity contribution in [2.75, 3.05) is 5.73 Å². The second-order valence-corrected chi connectivity index (χ2v) is 5.97. The minimum atomic E-state index is -1.26. The summed E-state index contributed by atoms with van der Waals surface area (Å²) in [6.45, 7) is 3.36. The molecule has 0 radical (unpaired) electrons. The highest BCUT2D eigenvalue weighted by Gasteiger charge is 2.50. The second-order valence-electron chi connectivity index (χ2n) is 5.97. The number of aliphatic carboxylic acids is 2. The van der Waals surface area contributed by atoms with Gasteiger partial charge in [-0.1, -0.05) is 18.2 Å². The Morgan fingerprint density at radius 1 is 1.24 bits per heavy atom. The number of nitrogens with two attached hydrogens (primary N) is 1. The van der Waals surface area contributed by atoms with Crippen molar-refractivity contribution in [1.82, 2.24) is 0 Å². The zero-order valence-electron chi connectivity index (χ0n) is 12.1. The van der Waals surface area contributed by atoms with Crippen LogP contribution in [0.3, 0.4) is 0 Å². The van der Waals surface area contributed by atoms with Gasteiger partial charge in [0.1, 0.15) is 0 Å². The molecule has 21 heavy (non-hydrogen) atoms. The Morgan fingerprint density at radius 2 is 1.90 bits per heavy atom. The molecule has 2 atom stereocenters. The SMILES string of the molecule is Cc1ccc(N)cc1C1(C(=O)O)CC=CC(C)(C(=O)O)C1. The summed E-state index contributed by atoms with van der Waals surface area (Å²) in [6, 6.07) is 5.13. The van der Waals surface area contributed by atoms with E-state index >= 15 is 0 Å². The lowest BCUT2D eigenvalue weighted by Crippen LogP contribution is -2.45. The quantitative estimate of drug-likeness (QED) is 0.585. The molecule has 0 heterocycles. The van der Waals surface area contributed by atoms with Crippen molar-refractivity contribution in [2.24, 2.45) is 5.41 Å². The highest BCUT2D eigenvalue weighted by atomic mass is 16.4. The molecule has 112 valence electrons. The number of rotatable bonds is 3. The van der Waals surface area contributed by atoms with Crippen molar-refractivity contribution in [3.63, 3.8) is 0 Å². The molecule has 1 aliphatic rings. The largest absolute Gasteiger partial charge is 0.481 e. The van der Waals surface area contributed by atoms with E-state index in [-0.39, 0.29) is 12.8 Å². The van der Waals surface area contributed by atoms with Crippen molar-refractivity contribution in [2.45, 2.75) is 32.1 Å². The first-order chi connectivity index (χ1) is 9.71. The second kappa shape index (κ2) is 4.91. The van der Waals surface area contributed by atoms with Crippen LogP contribution in [-0.2, 0) is 15.0 Å². The average Bonchev–Trinajstić information content (AvgIpc) is 2.41. The first kappa shape index (κ1) is 15.1. The molecule has 0 aliphatic heterocycles. The summed E-state index contributed by atoms with van der Waals surface area (Å²) in [6.07, 6.45) is 3.49. The minimum Gasteiger partial charge on any atom is -0.481 e. The minimum absolute atomic E-state index is 0.00542. The van der Waals surface area contributed by atoms with Gasteiger partial charge in [-0.2, -0.15) is 0 Å². The monoisotopic (exact) mass is 289 g/mol. The van der Waals surface area contributed by atoms with Crippen LogP contribution in [0.15, 0.2) is 30.4 Å². The molecule has 1 aromatic carbocycles. The topological polar surface area (TPSA) is 101 Å². The molecule has 0 saturated carbocycles. The molecule has 5 heteroatoms. The van der Waals surface area contributed by atoms with Crippen LogP contribution in [0.5, 0.6) is 0 Å². The van der Waals surface area contributed by atoms with E-state index in [0.717, 1.165) is 5.56 Å². The molecule has 0 fully saturated rings. The van der Waals surface area contributed by atoms with Crippen LogP contribution < -0.4 is 5.73 Å². The van der Waals surface area contributed by atoms with Crippen LogP contribution in [-0.4, -0.2) is 22.2 Å². The van der Waals surface area contributed by atoms with E-state index in [1.165, 1.54) is 0 Å². The van der Waals surface area contributed by atoms with Crippen LogP contribution in [0.2, 0.25) is 0 Å². The standard InChI is InChI=1S/C16H19NO4/c1-10-4-5-11(17)8-12(10)16(14(20)21)7-3-6-15(2,9-16)13(18)19/h3-6,8H,7,9,17H2,1-2H3,(H,18,19)(H,20,21). The van der Waals surface area contributed by atoms with E-state index < -0.39 is 22.8 Å². The maximum atomic E-state index is 12.0. The van der Waals surface area contributed by atoms with E-state index in [4.69, 9.17) is 5.73 Å². The summed E-state index contributed by atoms with van der Waals surface area (Å²) < 4.78 is 0. The van der Waals surface area contributed by atoms with Gasteiger partial charge >= 0.3 is 11.9 Å². The maximum Gasteiger partial charge on any atom is 0.314 e. The fourth-order valence-electron chi connectivity index (χ4n) is 3.06. The summed E-state index contributed by atoms with van der Waals surface area (Å²) >= 11 is 0. The normalized spacial score (nSPS) is 28.3. The number of hydrogen-bond acceptors (Lipinski definition) is 3. The molecule has 0 bridgehead atoms. The van der Waals surface area contributed by atoms with E-state index in [1.807, 2.05) is 6.92 Å². The Bertz CT molecular complexity index is 637. The molecule has 0 amide bonds. The molecule has 0 saturated heterocycles. The average molecular weight is 289 g/mol. The Hall–Kier alpha value is -2.30. The van der Waals surface area contributed by atoms with Crippen LogP contribution >= 0.6 is 0 Å².